The van der Waals surface area contributed by atoms with Crippen LogP contribution < -0.4 is 10.6 Å². The van der Waals surface area contributed by atoms with Crippen LogP contribution in [-0.2, 0) is 11.3 Å². The van der Waals surface area contributed by atoms with E-state index in [-0.39, 0.29) is 17.9 Å². The van der Waals surface area contributed by atoms with Crippen molar-refractivity contribution >= 4 is 12.0 Å². The third kappa shape index (κ3) is 4.27. The maximum Gasteiger partial charge on any atom is 0.321 e. The molecule has 1 saturated carbocycles. The molecule has 1 aromatic heterocycles. The highest BCUT2D eigenvalue weighted by molar-refractivity contribution is 5.87. The number of aromatic nitrogens is 2. The van der Waals surface area contributed by atoms with E-state index in [0.29, 0.717) is 30.7 Å². The lowest BCUT2D eigenvalue weighted by molar-refractivity contribution is 0.181. The van der Waals surface area contributed by atoms with Crippen molar-refractivity contribution in [2.75, 3.05) is 12.4 Å². The van der Waals surface area contributed by atoms with E-state index in [9.17, 15) is 13.6 Å². The van der Waals surface area contributed by atoms with Gasteiger partial charge in [-0.05, 0) is 36.5 Å². The lowest BCUT2D eigenvalue weighted by Gasteiger charge is -2.36. The van der Waals surface area contributed by atoms with Crippen molar-refractivity contribution in [1.82, 2.24) is 15.3 Å². The van der Waals surface area contributed by atoms with Crippen LogP contribution in [0.5, 0.6) is 0 Å². The molecule has 2 aromatic rings. The van der Waals surface area contributed by atoms with Gasteiger partial charge in [-0.25, -0.2) is 23.5 Å². The summed E-state index contributed by atoms with van der Waals surface area (Å²) >= 11 is 0. The van der Waals surface area contributed by atoms with Crippen molar-refractivity contribution in [3.63, 3.8) is 0 Å². The molecule has 1 aromatic carbocycles. The number of rotatable bonds is 5. The first-order valence-electron chi connectivity index (χ1n) is 7.88. The molecule has 1 fully saturated rings. The Kier molecular flexibility index (Phi) is 5.18. The molecule has 0 radical (unpaired) electrons. The number of nitrogens with zero attached hydrogens (tertiary/aromatic N) is 2. The fraction of sp³-hybridized carbons (Fsp3) is 0.353. The average Bonchev–Trinajstić information content (AvgIpc) is 2.52. The fourth-order valence-electron chi connectivity index (χ4n) is 2.83. The van der Waals surface area contributed by atoms with E-state index in [1.165, 1.54) is 18.3 Å². The molecule has 3 rings (SSSR count). The lowest BCUT2D eigenvalue weighted by atomic mass is 9.75. The number of halogens is 2. The number of amides is 2. The van der Waals surface area contributed by atoms with Crippen molar-refractivity contribution in [2.24, 2.45) is 0 Å². The number of ether oxygens (including phenoxy) is 1. The highest BCUT2D eigenvalue weighted by Gasteiger charge is 2.33. The molecule has 0 aliphatic heterocycles. The van der Waals surface area contributed by atoms with Crippen LogP contribution in [0.1, 0.15) is 30.0 Å². The zero-order valence-electron chi connectivity index (χ0n) is 13.6. The van der Waals surface area contributed by atoms with Gasteiger partial charge in [0.25, 0.3) is 0 Å². The van der Waals surface area contributed by atoms with Crippen molar-refractivity contribution in [3.05, 3.63) is 53.4 Å². The molecular formula is C17H18F2N4O2. The van der Waals surface area contributed by atoms with Gasteiger partial charge in [0.15, 0.2) is 0 Å². The first-order chi connectivity index (χ1) is 12.0. The molecule has 25 heavy (non-hydrogen) atoms. The van der Waals surface area contributed by atoms with Gasteiger partial charge in [-0.15, -0.1) is 0 Å². The van der Waals surface area contributed by atoms with E-state index in [2.05, 4.69) is 20.6 Å². The molecule has 1 aliphatic rings. The summed E-state index contributed by atoms with van der Waals surface area (Å²) in [5.41, 5.74) is 1.14. The second-order valence-electron chi connectivity index (χ2n) is 5.93. The summed E-state index contributed by atoms with van der Waals surface area (Å²) < 4.78 is 31.7. The molecule has 0 spiro atoms. The van der Waals surface area contributed by atoms with Crippen molar-refractivity contribution in [2.45, 2.75) is 31.4 Å². The molecule has 1 aliphatic carbocycles. The smallest absolute Gasteiger partial charge is 0.321 e. The molecular weight excluding hydrogens is 330 g/mol. The van der Waals surface area contributed by atoms with E-state index >= 15 is 0 Å². The maximum atomic E-state index is 13.7. The van der Waals surface area contributed by atoms with Crippen LogP contribution in [0.25, 0.3) is 0 Å². The fourth-order valence-corrected chi connectivity index (χ4v) is 2.83. The molecule has 8 heteroatoms. The Bertz CT molecular complexity index is 766. The zero-order chi connectivity index (χ0) is 17.8. The number of methoxy groups -OCH3 is 1. The Hall–Kier alpha value is -2.61. The number of benzene rings is 1. The summed E-state index contributed by atoms with van der Waals surface area (Å²) in [4.78, 5) is 20.1. The number of nitrogens with one attached hydrogen (secondary N) is 2. The maximum absolute atomic E-state index is 13.7. The minimum absolute atomic E-state index is 0.0211. The van der Waals surface area contributed by atoms with Crippen LogP contribution in [0, 0.1) is 11.6 Å². The van der Waals surface area contributed by atoms with Gasteiger partial charge in [-0.3, -0.25) is 5.32 Å². The van der Waals surface area contributed by atoms with Crippen LogP contribution in [-0.4, -0.2) is 29.2 Å². The minimum Gasteiger partial charge on any atom is -0.378 e. The first kappa shape index (κ1) is 17.2. The van der Waals surface area contributed by atoms with Gasteiger partial charge in [0.1, 0.15) is 11.6 Å². The van der Waals surface area contributed by atoms with Gasteiger partial charge in [-0.1, -0.05) is 6.07 Å². The number of anilines is 1. The number of carbonyl (C=O) groups excluding carboxylic acids is 1. The van der Waals surface area contributed by atoms with E-state index in [1.54, 1.807) is 13.2 Å². The number of hydrogen-bond donors (Lipinski definition) is 2. The second kappa shape index (κ2) is 7.52. The van der Waals surface area contributed by atoms with Gasteiger partial charge in [-0.2, -0.15) is 0 Å². The molecule has 132 valence electrons. The highest BCUT2D eigenvalue weighted by atomic mass is 19.1. The van der Waals surface area contributed by atoms with Crippen molar-refractivity contribution in [3.8, 4) is 0 Å². The quantitative estimate of drug-likeness (QED) is 0.871. The van der Waals surface area contributed by atoms with Crippen LogP contribution in [0.15, 0.2) is 30.5 Å². The Morgan fingerprint density at radius 2 is 2.12 bits per heavy atom. The molecule has 2 N–H and O–H groups in total. The van der Waals surface area contributed by atoms with Crippen LogP contribution in [0.4, 0.5) is 19.5 Å². The number of carbonyl (C=O) groups is 1. The molecule has 2 amide bonds. The Balaban J connectivity index is 1.49. The summed E-state index contributed by atoms with van der Waals surface area (Å²) in [6.45, 7) is 0.326. The predicted octanol–water partition coefficient (Wildman–Crippen LogP) is 2.97. The minimum atomic E-state index is -0.592. The Morgan fingerprint density at radius 3 is 2.84 bits per heavy atom. The predicted molar refractivity (Wildman–Crippen MR) is 87.0 cm³/mol. The third-order valence-electron chi connectivity index (χ3n) is 4.11. The van der Waals surface area contributed by atoms with Gasteiger partial charge in [0.05, 0.1) is 12.3 Å². The molecule has 0 saturated heterocycles. The third-order valence-corrected chi connectivity index (χ3v) is 4.11. The van der Waals surface area contributed by atoms with E-state index < -0.39 is 17.7 Å². The SMILES string of the molecule is COCc1ccnc(NC(=O)NC2CC(c3ccc(F)cc3F)C2)n1. The van der Waals surface area contributed by atoms with E-state index in [4.69, 9.17) is 4.74 Å². The van der Waals surface area contributed by atoms with Gasteiger partial charge in [0.2, 0.25) is 5.95 Å². The standard InChI is InChI=1S/C17H18F2N4O2/c1-25-9-12-4-5-20-16(21-12)23-17(24)22-13-6-10(7-13)14-3-2-11(18)8-15(14)19/h2-5,8,10,13H,6-7,9H2,1H3,(H2,20,21,22,23,24). The van der Waals surface area contributed by atoms with Gasteiger partial charge >= 0.3 is 6.03 Å². The first-order valence-corrected chi connectivity index (χ1v) is 7.88. The number of hydrogen-bond acceptors (Lipinski definition) is 4. The van der Waals surface area contributed by atoms with Crippen LogP contribution in [0.2, 0.25) is 0 Å². The molecule has 0 atom stereocenters. The average molecular weight is 348 g/mol. The largest absolute Gasteiger partial charge is 0.378 e. The summed E-state index contributed by atoms with van der Waals surface area (Å²) in [5, 5.41) is 5.35. The monoisotopic (exact) mass is 348 g/mol. The van der Waals surface area contributed by atoms with E-state index in [1.807, 2.05) is 0 Å². The van der Waals surface area contributed by atoms with Gasteiger partial charge < -0.3 is 10.1 Å². The lowest BCUT2D eigenvalue weighted by Crippen LogP contribution is -2.45. The normalized spacial score (nSPS) is 19.2. The molecule has 0 bridgehead atoms. The van der Waals surface area contributed by atoms with E-state index in [0.717, 1.165) is 6.07 Å². The molecule has 6 nitrogen and oxygen atoms in total. The second-order valence-corrected chi connectivity index (χ2v) is 5.93. The van der Waals surface area contributed by atoms with Crippen molar-refractivity contribution in [1.29, 1.82) is 0 Å². The number of urea groups is 1. The van der Waals surface area contributed by atoms with Crippen molar-refractivity contribution < 1.29 is 18.3 Å². The summed E-state index contributed by atoms with van der Waals surface area (Å²) in [6.07, 6.45) is 2.73. The molecule has 1 heterocycles. The summed E-state index contributed by atoms with van der Waals surface area (Å²) in [6, 6.07) is 4.79. The highest BCUT2D eigenvalue weighted by Crippen LogP contribution is 2.38. The van der Waals surface area contributed by atoms with Crippen LogP contribution >= 0.6 is 0 Å². The Morgan fingerprint density at radius 1 is 1.32 bits per heavy atom. The topological polar surface area (TPSA) is 76.1 Å². The Labute approximate surface area is 143 Å². The zero-order valence-corrected chi connectivity index (χ0v) is 13.6. The summed E-state index contributed by atoms with van der Waals surface area (Å²) in [7, 11) is 1.55. The summed E-state index contributed by atoms with van der Waals surface area (Å²) in [5.74, 6) is -0.971. The van der Waals surface area contributed by atoms with Gasteiger partial charge in [0, 0.05) is 25.4 Å². The molecule has 0 unspecified atom stereocenters. The van der Waals surface area contributed by atoms with Crippen LogP contribution in [0.3, 0.4) is 0 Å².